The maximum absolute atomic E-state index is 9.10. The van der Waals surface area contributed by atoms with Crippen molar-refractivity contribution in [1.29, 1.82) is 0 Å². The highest BCUT2D eigenvalue weighted by atomic mass is 16.5. The van der Waals surface area contributed by atoms with Crippen molar-refractivity contribution in [2.24, 2.45) is 0 Å². The second-order valence-corrected chi connectivity index (χ2v) is 11.1. The number of likely N-dealkylation sites (tertiary alicyclic amines) is 2. The van der Waals surface area contributed by atoms with Gasteiger partial charge in [0.1, 0.15) is 0 Å². The van der Waals surface area contributed by atoms with E-state index in [2.05, 4.69) is 44.7 Å². The van der Waals surface area contributed by atoms with Crippen molar-refractivity contribution in [3.8, 4) is 0 Å². The first-order chi connectivity index (χ1) is 24.5. The number of nitrogens with zero attached hydrogens (tertiary/aromatic N) is 2. The predicted octanol–water partition coefficient (Wildman–Crippen LogP) is 0.240. The molecular formula is C32H50N4O16. The average Bonchev–Trinajstić information content (AvgIpc) is 3.80. The second-order valence-electron chi connectivity index (χ2n) is 11.1. The van der Waals surface area contributed by atoms with Gasteiger partial charge in [-0.05, 0) is 115 Å². The molecule has 2 saturated heterocycles. The van der Waals surface area contributed by atoms with E-state index in [0.717, 1.165) is 26.2 Å². The minimum atomic E-state index is -1.82. The van der Waals surface area contributed by atoms with Crippen molar-refractivity contribution in [2.45, 2.75) is 64.5 Å². The molecule has 2 heterocycles. The Kier molecular flexibility index (Phi) is 28.8. The van der Waals surface area contributed by atoms with Crippen LogP contribution in [0.5, 0.6) is 0 Å². The molecule has 3 rings (SSSR count). The molecule has 2 aliphatic rings. The van der Waals surface area contributed by atoms with Crippen molar-refractivity contribution < 1.29 is 79.2 Å². The summed E-state index contributed by atoms with van der Waals surface area (Å²) in [5, 5.41) is 66.4. The third-order valence-electron chi connectivity index (χ3n) is 6.93. The number of nitrogens with one attached hydrogen (secondary N) is 2. The van der Waals surface area contributed by atoms with Crippen LogP contribution in [0.15, 0.2) is 24.3 Å². The molecule has 0 aromatic heterocycles. The number of unbranched alkanes of at least 4 members (excludes halogenated alkanes) is 2. The summed E-state index contributed by atoms with van der Waals surface area (Å²) in [6.45, 7) is 12.1. The smallest absolute Gasteiger partial charge is 0.414 e. The number of rotatable bonds is 14. The Morgan fingerprint density at radius 1 is 0.462 bits per heavy atom. The van der Waals surface area contributed by atoms with Gasteiger partial charge in [0.15, 0.2) is 0 Å². The summed E-state index contributed by atoms with van der Waals surface area (Å²) in [5.41, 5.74) is 2.82. The second kappa shape index (κ2) is 30.6. The van der Waals surface area contributed by atoms with Crippen molar-refractivity contribution in [1.82, 2.24) is 20.4 Å². The molecule has 20 heteroatoms. The zero-order valence-electron chi connectivity index (χ0n) is 28.8. The van der Waals surface area contributed by atoms with Crippen molar-refractivity contribution >= 4 is 47.8 Å². The Bertz CT molecular complexity index is 1080. The number of benzene rings is 1. The van der Waals surface area contributed by atoms with E-state index in [1.807, 2.05) is 0 Å². The first-order valence-corrected chi connectivity index (χ1v) is 16.3. The van der Waals surface area contributed by atoms with Crippen LogP contribution in [0.4, 0.5) is 0 Å². The van der Waals surface area contributed by atoms with E-state index in [1.165, 1.54) is 102 Å². The summed E-state index contributed by atoms with van der Waals surface area (Å²) in [6, 6.07) is 9.05. The third-order valence-corrected chi connectivity index (χ3v) is 6.93. The van der Waals surface area contributed by atoms with Gasteiger partial charge in [0.05, 0.1) is 0 Å². The first-order valence-electron chi connectivity index (χ1n) is 16.3. The molecule has 294 valence electrons. The van der Waals surface area contributed by atoms with Gasteiger partial charge in [-0.3, -0.25) is 0 Å². The van der Waals surface area contributed by atoms with Crippen LogP contribution in [0.2, 0.25) is 0 Å². The zero-order chi connectivity index (χ0) is 39.9. The van der Waals surface area contributed by atoms with Crippen LogP contribution in [0.25, 0.3) is 0 Å². The van der Waals surface area contributed by atoms with E-state index >= 15 is 0 Å². The van der Waals surface area contributed by atoms with Gasteiger partial charge in [-0.15, -0.1) is 0 Å². The lowest BCUT2D eigenvalue weighted by molar-refractivity contribution is -0.159. The molecule has 0 saturated carbocycles. The predicted molar refractivity (Wildman–Crippen MR) is 181 cm³/mol. The monoisotopic (exact) mass is 746 g/mol. The minimum absolute atomic E-state index is 0.993. The fraction of sp³-hybridized carbons (Fsp3) is 0.562. The van der Waals surface area contributed by atoms with E-state index in [1.54, 1.807) is 0 Å². The van der Waals surface area contributed by atoms with Crippen molar-refractivity contribution in [2.75, 3.05) is 52.4 Å². The molecule has 20 nitrogen and oxygen atoms in total. The average molecular weight is 747 g/mol. The molecule has 0 aliphatic carbocycles. The van der Waals surface area contributed by atoms with Gasteiger partial charge in [-0.2, -0.15) is 0 Å². The number of carboxylic acid groups (broad SMARTS) is 8. The van der Waals surface area contributed by atoms with Crippen LogP contribution in [-0.4, -0.2) is 151 Å². The molecule has 1 aromatic rings. The van der Waals surface area contributed by atoms with Crippen LogP contribution in [0.1, 0.15) is 62.5 Å². The molecule has 0 unspecified atom stereocenters. The lowest BCUT2D eigenvalue weighted by Crippen LogP contribution is -2.22. The van der Waals surface area contributed by atoms with E-state index in [0.29, 0.717) is 0 Å². The molecule has 0 bridgehead atoms. The Balaban J connectivity index is 0. The summed E-state index contributed by atoms with van der Waals surface area (Å²) < 4.78 is 0. The molecule has 2 aliphatic heterocycles. The maximum atomic E-state index is 9.10. The summed E-state index contributed by atoms with van der Waals surface area (Å²) >= 11 is 0. The third kappa shape index (κ3) is 30.8. The van der Waals surface area contributed by atoms with Gasteiger partial charge in [0.25, 0.3) is 0 Å². The van der Waals surface area contributed by atoms with Gasteiger partial charge in [-0.1, -0.05) is 24.3 Å². The Morgan fingerprint density at radius 3 is 0.981 bits per heavy atom. The molecule has 0 atom stereocenters. The number of carbonyl (C=O) groups is 8. The van der Waals surface area contributed by atoms with Crippen molar-refractivity contribution in [3.63, 3.8) is 0 Å². The molecule has 10 N–H and O–H groups in total. The summed E-state index contributed by atoms with van der Waals surface area (Å²) in [6.07, 6.45) is 10.8. The van der Waals surface area contributed by atoms with Gasteiger partial charge in [-0.25, -0.2) is 38.4 Å². The van der Waals surface area contributed by atoms with Crippen LogP contribution in [-0.2, 0) is 51.4 Å². The van der Waals surface area contributed by atoms with Gasteiger partial charge >= 0.3 is 47.8 Å². The lowest BCUT2D eigenvalue weighted by atomic mass is 10.1. The van der Waals surface area contributed by atoms with Gasteiger partial charge in [0.2, 0.25) is 0 Å². The number of hydrogen-bond donors (Lipinski definition) is 10. The SMILES string of the molecule is O=C(O)C(=O)O.O=C(O)C(=O)O.O=C(O)C(=O)O.O=C(O)C(=O)O.c1cc(CNCCCCN2CCCC2)cc(CNCCCCN2CCCC2)c1. The van der Waals surface area contributed by atoms with E-state index in [9.17, 15) is 0 Å². The van der Waals surface area contributed by atoms with Crippen LogP contribution in [0, 0.1) is 0 Å². The maximum Gasteiger partial charge on any atom is 0.414 e. The van der Waals surface area contributed by atoms with E-state index in [4.69, 9.17) is 79.2 Å². The van der Waals surface area contributed by atoms with E-state index in [-0.39, 0.29) is 0 Å². The van der Waals surface area contributed by atoms with Crippen LogP contribution in [0.3, 0.4) is 0 Å². The van der Waals surface area contributed by atoms with Crippen LogP contribution < -0.4 is 10.6 Å². The number of hydrogen-bond acceptors (Lipinski definition) is 12. The molecule has 2 fully saturated rings. The van der Waals surface area contributed by atoms with Gasteiger partial charge < -0.3 is 61.3 Å². The zero-order valence-corrected chi connectivity index (χ0v) is 28.8. The fourth-order valence-electron chi connectivity index (χ4n) is 4.50. The summed E-state index contributed by atoms with van der Waals surface area (Å²) in [4.78, 5) is 78.0. The normalized spacial score (nSPS) is 13.2. The largest absolute Gasteiger partial charge is 0.473 e. The molecular weight excluding hydrogens is 696 g/mol. The minimum Gasteiger partial charge on any atom is -0.473 e. The fourth-order valence-corrected chi connectivity index (χ4v) is 4.50. The lowest BCUT2D eigenvalue weighted by Gasteiger charge is -2.14. The first kappa shape index (κ1) is 48.9. The Hall–Kier alpha value is -5.18. The Labute approximate surface area is 299 Å². The number of carboxylic acids is 8. The summed E-state index contributed by atoms with van der Waals surface area (Å²) in [7, 11) is 0. The Morgan fingerprint density at radius 2 is 0.731 bits per heavy atom. The topological polar surface area (TPSA) is 329 Å². The molecule has 52 heavy (non-hydrogen) atoms. The van der Waals surface area contributed by atoms with Crippen LogP contribution >= 0.6 is 0 Å². The molecule has 0 spiro atoms. The number of aliphatic carboxylic acids is 8. The summed E-state index contributed by atoms with van der Waals surface area (Å²) in [5.74, 6) is -14.6. The highest BCUT2D eigenvalue weighted by Crippen LogP contribution is 2.09. The highest BCUT2D eigenvalue weighted by molar-refractivity contribution is 6.28. The quantitative estimate of drug-likeness (QED) is 0.0900. The van der Waals surface area contributed by atoms with Gasteiger partial charge in [0, 0.05) is 13.1 Å². The molecule has 0 amide bonds. The highest BCUT2D eigenvalue weighted by Gasteiger charge is 2.11. The van der Waals surface area contributed by atoms with E-state index < -0.39 is 47.8 Å². The standard InChI is InChI=1S/C24H42N4.4C2H2O4/c1(3-14-27-16-5-6-17-27)12-25-21-23-10-9-11-24(20-23)22-26-13-2-4-15-28-18-7-8-19-28;4*3-1(4)2(5)6/h9-11,20,25-26H,1-8,12-19,21-22H2;4*(H,3,4)(H,5,6). The molecule has 0 radical (unpaired) electrons. The molecule has 1 aromatic carbocycles. The van der Waals surface area contributed by atoms with Crippen molar-refractivity contribution in [3.05, 3.63) is 35.4 Å².